The summed E-state index contributed by atoms with van der Waals surface area (Å²) in [6, 6.07) is 8.21. The summed E-state index contributed by atoms with van der Waals surface area (Å²) in [6.45, 7) is 0. The fourth-order valence-electron chi connectivity index (χ4n) is 4.02. The van der Waals surface area contributed by atoms with E-state index in [1.165, 1.54) is 17.4 Å². The number of benzene rings is 1. The summed E-state index contributed by atoms with van der Waals surface area (Å²) >= 11 is 0. The largest absolute Gasteiger partial charge is 0.334 e. The molecule has 0 saturated carbocycles. The summed E-state index contributed by atoms with van der Waals surface area (Å²) in [6.07, 6.45) is 4.35. The minimum absolute atomic E-state index is 0.154. The van der Waals surface area contributed by atoms with E-state index in [1.54, 1.807) is 12.1 Å². The van der Waals surface area contributed by atoms with Crippen molar-refractivity contribution in [2.24, 2.45) is 0 Å². The number of carbonyl (C=O) groups excluding carboxylic acids is 1. The van der Waals surface area contributed by atoms with E-state index in [9.17, 15) is 9.59 Å². The Kier molecular flexibility index (Phi) is 3.07. The summed E-state index contributed by atoms with van der Waals surface area (Å²) in [5.41, 5.74) is 0.932. The predicted octanol–water partition coefficient (Wildman–Crippen LogP) is 1.51. The van der Waals surface area contributed by atoms with Crippen LogP contribution in [-0.2, 0) is 0 Å². The average Bonchev–Trinajstić information content (AvgIpc) is 2.90. The molecule has 3 heterocycles. The smallest absolute Gasteiger partial charge is 0.334 e. The molecule has 1 amide bonds. The van der Waals surface area contributed by atoms with Crippen LogP contribution >= 0.6 is 0 Å². The summed E-state index contributed by atoms with van der Waals surface area (Å²) in [5.74, 6) is 0. The van der Waals surface area contributed by atoms with Crippen molar-refractivity contribution in [1.82, 2.24) is 19.8 Å². The summed E-state index contributed by atoms with van der Waals surface area (Å²) < 4.78 is 1.20. The molecule has 2 saturated heterocycles. The third-order valence-corrected chi connectivity index (χ3v) is 5.22. The van der Waals surface area contributed by atoms with Crippen LogP contribution in [0.25, 0.3) is 11.0 Å². The van der Waals surface area contributed by atoms with Crippen molar-refractivity contribution < 1.29 is 4.79 Å². The predicted molar refractivity (Wildman–Crippen MR) is 84.1 cm³/mol. The molecule has 3 atom stereocenters. The zero-order chi connectivity index (χ0) is 15.3. The van der Waals surface area contributed by atoms with Crippen molar-refractivity contribution >= 4 is 17.1 Å². The lowest BCUT2D eigenvalue weighted by atomic mass is 9.98. The maximum atomic E-state index is 12.5. The van der Waals surface area contributed by atoms with Gasteiger partial charge < -0.3 is 15.2 Å². The second-order valence-corrected chi connectivity index (χ2v) is 6.45. The van der Waals surface area contributed by atoms with E-state index < -0.39 is 0 Å². The van der Waals surface area contributed by atoms with E-state index in [0.29, 0.717) is 23.1 Å². The molecular weight excluding hydrogens is 280 g/mol. The Hall–Kier alpha value is -2.08. The standard InChI is InChI=1S/C16H20N4O2/c1-19-11-6-7-12(19)9-10(8-11)17-15(21)20-14-5-3-2-4-13(14)18-16(20)22/h2-5,10-12H,6-9H2,1H3,(H,17,21)(H,18,22)/t10?,11-,12?/m1/s1. The van der Waals surface area contributed by atoms with Crippen LogP contribution in [-0.4, -0.2) is 45.7 Å². The van der Waals surface area contributed by atoms with E-state index in [-0.39, 0.29) is 17.8 Å². The number of hydrogen-bond acceptors (Lipinski definition) is 3. The minimum Gasteiger partial charge on any atom is -0.334 e. The molecule has 0 radical (unpaired) electrons. The van der Waals surface area contributed by atoms with Crippen LogP contribution < -0.4 is 11.0 Å². The molecule has 116 valence electrons. The molecule has 2 aliphatic rings. The van der Waals surface area contributed by atoms with Gasteiger partial charge in [-0.15, -0.1) is 0 Å². The topological polar surface area (TPSA) is 70.1 Å². The highest BCUT2D eigenvalue weighted by atomic mass is 16.2. The fraction of sp³-hybridized carbons (Fsp3) is 0.500. The highest BCUT2D eigenvalue weighted by Gasteiger charge is 2.39. The van der Waals surface area contributed by atoms with Gasteiger partial charge in [-0.05, 0) is 44.9 Å². The van der Waals surface area contributed by atoms with Gasteiger partial charge in [0.2, 0.25) is 0 Å². The first-order valence-electron chi connectivity index (χ1n) is 7.86. The average molecular weight is 300 g/mol. The van der Waals surface area contributed by atoms with E-state index in [0.717, 1.165) is 12.8 Å². The third kappa shape index (κ3) is 2.06. The Morgan fingerprint density at radius 3 is 2.64 bits per heavy atom. The molecule has 2 fully saturated rings. The maximum Gasteiger partial charge on any atom is 0.334 e. The van der Waals surface area contributed by atoms with Crippen LogP contribution in [0.1, 0.15) is 25.7 Å². The lowest BCUT2D eigenvalue weighted by molar-refractivity contribution is 0.150. The number of fused-ring (bicyclic) bond motifs is 3. The number of rotatable bonds is 1. The number of imidazole rings is 1. The molecule has 6 nitrogen and oxygen atoms in total. The normalized spacial score (nSPS) is 28.1. The number of aromatic nitrogens is 2. The molecular formula is C16H20N4O2. The molecule has 2 aliphatic heterocycles. The summed E-state index contributed by atoms with van der Waals surface area (Å²) in [5, 5.41) is 3.05. The molecule has 2 bridgehead atoms. The first-order valence-corrected chi connectivity index (χ1v) is 7.86. The lowest BCUT2D eigenvalue weighted by Gasteiger charge is -2.36. The second kappa shape index (κ2) is 4.98. The van der Waals surface area contributed by atoms with Crippen LogP contribution in [0.5, 0.6) is 0 Å². The number of aromatic amines is 1. The molecule has 22 heavy (non-hydrogen) atoms. The molecule has 0 spiro atoms. The van der Waals surface area contributed by atoms with Gasteiger partial charge in [0.05, 0.1) is 11.0 Å². The quantitative estimate of drug-likeness (QED) is 0.839. The van der Waals surface area contributed by atoms with Crippen molar-refractivity contribution in [2.45, 2.75) is 43.8 Å². The first kappa shape index (κ1) is 13.6. The SMILES string of the molecule is CN1C2CC[C@@H]1CC(NC(=O)n1c(=O)[nH]c3ccccc31)C2. The summed E-state index contributed by atoms with van der Waals surface area (Å²) in [4.78, 5) is 29.7. The zero-order valence-corrected chi connectivity index (χ0v) is 12.6. The van der Waals surface area contributed by atoms with Gasteiger partial charge in [0.1, 0.15) is 0 Å². The first-order chi connectivity index (χ1) is 10.6. The number of carbonyl (C=O) groups is 1. The Morgan fingerprint density at radius 1 is 1.23 bits per heavy atom. The highest BCUT2D eigenvalue weighted by Crippen LogP contribution is 2.34. The number of piperidine rings is 1. The second-order valence-electron chi connectivity index (χ2n) is 6.45. The van der Waals surface area contributed by atoms with Gasteiger partial charge in [0.15, 0.2) is 0 Å². The number of nitrogens with zero attached hydrogens (tertiary/aromatic N) is 2. The Morgan fingerprint density at radius 2 is 1.91 bits per heavy atom. The van der Waals surface area contributed by atoms with Crippen molar-refractivity contribution in [3.8, 4) is 0 Å². The molecule has 1 aromatic carbocycles. The number of H-pyrrole nitrogens is 1. The van der Waals surface area contributed by atoms with E-state index in [1.807, 2.05) is 12.1 Å². The number of amides is 1. The van der Waals surface area contributed by atoms with Gasteiger partial charge in [-0.3, -0.25) is 0 Å². The van der Waals surface area contributed by atoms with Gasteiger partial charge in [0.25, 0.3) is 0 Å². The van der Waals surface area contributed by atoms with Gasteiger partial charge in [-0.2, -0.15) is 0 Å². The Bertz CT molecular complexity index is 764. The van der Waals surface area contributed by atoms with Gasteiger partial charge in [-0.25, -0.2) is 14.2 Å². The van der Waals surface area contributed by atoms with Crippen LogP contribution in [0.4, 0.5) is 4.79 Å². The van der Waals surface area contributed by atoms with Crippen LogP contribution in [0, 0.1) is 0 Å². The van der Waals surface area contributed by atoms with Gasteiger partial charge in [-0.1, -0.05) is 12.1 Å². The number of hydrogen-bond donors (Lipinski definition) is 2. The molecule has 2 aromatic rings. The van der Waals surface area contributed by atoms with Crippen LogP contribution in [0.2, 0.25) is 0 Å². The van der Waals surface area contributed by atoms with Crippen molar-refractivity contribution in [3.63, 3.8) is 0 Å². The Balaban J connectivity index is 1.57. The molecule has 2 unspecified atom stereocenters. The molecule has 4 rings (SSSR count). The molecule has 0 aliphatic carbocycles. The number of nitrogens with one attached hydrogen (secondary N) is 2. The minimum atomic E-state index is -0.380. The summed E-state index contributed by atoms with van der Waals surface area (Å²) in [7, 11) is 2.17. The van der Waals surface area contributed by atoms with E-state index in [2.05, 4.69) is 22.2 Å². The van der Waals surface area contributed by atoms with Crippen molar-refractivity contribution in [3.05, 3.63) is 34.7 Å². The fourth-order valence-corrected chi connectivity index (χ4v) is 4.02. The Labute approximate surface area is 128 Å². The van der Waals surface area contributed by atoms with Crippen molar-refractivity contribution in [2.75, 3.05) is 7.05 Å². The van der Waals surface area contributed by atoms with Crippen LogP contribution in [0.15, 0.2) is 29.1 Å². The molecule has 6 heteroatoms. The number of para-hydroxylation sites is 2. The van der Waals surface area contributed by atoms with Crippen molar-refractivity contribution in [1.29, 1.82) is 0 Å². The van der Waals surface area contributed by atoms with Gasteiger partial charge >= 0.3 is 11.7 Å². The lowest BCUT2D eigenvalue weighted by Crippen LogP contribution is -2.50. The molecule has 2 N–H and O–H groups in total. The maximum absolute atomic E-state index is 12.5. The monoisotopic (exact) mass is 300 g/mol. The van der Waals surface area contributed by atoms with E-state index in [4.69, 9.17) is 0 Å². The third-order valence-electron chi connectivity index (χ3n) is 5.22. The van der Waals surface area contributed by atoms with Gasteiger partial charge in [0, 0.05) is 18.1 Å². The highest BCUT2D eigenvalue weighted by molar-refractivity contribution is 5.89. The zero-order valence-electron chi connectivity index (χ0n) is 12.6. The van der Waals surface area contributed by atoms with Crippen LogP contribution in [0.3, 0.4) is 0 Å². The van der Waals surface area contributed by atoms with E-state index >= 15 is 0 Å². The molecule has 1 aromatic heterocycles.